The first-order chi connectivity index (χ1) is 16.9. The van der Waals surface area contributed by atoms with Crippen molar-refractivity contribution in [2.45, 2.75) is 75.6 Å². The Bertz CT molecular complexity index is 823. The highest BCUT2D eigenvalue weighted by molar-refractivity contribution is 5.75. The van der Waals surface area contributed by atoms with Gasteiger partial charge < -0.3 is 15.2 Å². The summed E-state index contributed by atoms with van der Waals surface area (Å²) in [7, 11) is 3.68. The van der Waals surface area contributed by atoms with Crippen molar-refractivity contribution in [1.82, 2.24) is 4.90 Å². The average Bonchev–Trinajstić information content (AvgIpc) is 2.84. The van der Waals surface area contributed by atoms with Gasteiger partial charge in [-0.1, -0.05) is 12.1 Å². The molecular weight excluding hydrogens is 444 g/mol. The number of carbonyl (C=O) groups is 1. The number of rotatable bonds is 11. The molecule has 4 bridgehead atoms. The number of hydrogen-bond acceptors (Lipinski definition) is 6. The summed E-state index contributed by atoms with van der Waals surface area (Å²) >= 11 is 0. The number of ether oxygens (including phenoxy) is 2. The van der Waals surface area contributed by atoms with Gasteiger partial charge in [0, 0.05) is 25.5 Å². The van der Waals surface area contributed by atoms with Crippen LogP contribution in [0.2, 0.25) is 0 Å². The first-order valence-electron chi connectivity index (χ1n) is 13.5. The third-order valence-electron chi connectivity index (χ3n) is 9.10. The number of nitrogens with zero attached hydrogens (tertiary/aromatic N) is 1. The Balaban J connectivity index is 1.06. The lowest BCUT2D eigenvalue weighted by Gasteiger charge is -2.58. The van der Waals surface area contributed by atoms with E-state index in [-0.39, 0.29) is 18.6 Å². The minimum absolute atomic E-state index is 0.149. The summed E-state index contributed by atoms with van der Waals surface area (Å²) in [5.74, 6) is 3.28. The fourth-order valence-electron chi connectivity index (χ4n) is 7.48. The Hall–Kier alpha value is -1.67. The van der Waals surface area contributed by atoms with Crippen molar-refractivity contribution in [3.8, 4) is 5.75 Å². The van der Waals surface area contributed by atoms with E-state index in [1.807, 2.05) is 31.2 Å². The molecule has 0 atom stereocenters. The monoisotopic (exact) mass is 486 g/mol. The SMILES string of the molecule is COC1(OOC2CCC(c3ccc(OCCN(C)CC(N)=O)cc3)CC2)C2CC3CC(C2)CC1C3. The van der Waals surface area contributed by atoms with Crippen LogP contribution in [0.15, 0.2) is 24.3 Å². The van der Waals surface area contributed by atoms with Gasteiger partial charge >= 0.3 is 0 Å². The maximum absolute atomic E-state index is 11.0. The van der Waals surface area contributed by atoms with Gasteiger partial charge in [0.1, 0.15) is 12.4 Å². The largest absolute Gasteiger partial charge is 0.492 e. The smallest absolute Gasteiger partial charge is 0.231 e. The molecule has 0 spiro atoms. The minimum Gasteiger partial charge on any atom is -0.492 e. The molecule has 2 N–H and O–H groups in total. The molecule has 1 aromatic carbocycles. The van der Waals surface area contributed by atoms with E-state index >= 15 is 0 Å². The number of amides is 1. The Morgan fingerprint density at radius 3 is 2.20 bits per heavy atom. The lowest BCUT2D eigenvalue weighted by atomic mass is 9.53. The predicted octanol–water partition coefficient (Wildman–Crippen LogP) is 4.26. The van der Waals surface area contributed by atoms with E-state index in [2.05, 4.69) is 12.1 Å². The second kappa shape index (κ2) is 10.8. The molecule has 35 heavy (non-hydrogen) atoms. The summed E-state index contributed by atoms with van der Waals surface area (Å²) in [5.41, 5.74) is 6.58. The summed E-state index contributed by atoms with van der Waals surface area (Å²) in [6, 6.07) is 8.45. The van der Waals surface area contributed by atoms with E-state index < -0.39 is 5.79 Å². The van der Waals surface area contributed by atoms with E-state index in [0.717, 1.165) is 43.3 Å². The number of nitrogens with two attached hydrogens (primary N) is 1. The van der Waals surface area contributed by atoms with Crippen molar-refractivity contribution in [1.29, 1.82) is 0 Å². The second-order valence-corrected chi connectivity index (χ2v) is 11.5. The Kier molecular flexibility index (Phi) is 7.68. The average molecular weight is 487 g/mol. The molecule has 5 fully saturated rings. The molecule has 1 aromatic rings. The van der Waals surface area contributed by atoms with Gasteiger partial charge in [-0.3, -0.25) is 9.69 Å². The van der Waals surface area contributed by atoms with Crippen LogP contribution in [-0.2, 0) is 19.3 Å². The van der Waals surface area contributed by atoms with E-state index in [9.17, 15) is 4.79 Å². The van der Waals surface area contributed by atoms with Gasteiger partial charge in [0.2, 0.25) is 11.7 Å². The maximum Gasteiger partial charge on any atom is 0.231 e. The molecule has 7 heteroatoms. The first kappa shape index (κ1) is 25.0. The number of hydrogen-bond donors (Lipinski definition) is 1. The van der Waals surface area contributed by atoms with Crippen LogP contribution >= 0.6 is 0 Å². The zero-order chi connectivity index (χ0) is 24.4. The Morgan fingerprint density at radius 2 is 1.63 bits per heavy atom. The fraction of sp³-hybridized carbons (Fsp3) is 0.750. The van der Waals surface area contributed by atoms with Crippen molar-refractivity contribution in [3.05, 3.63) is 29.8 Å². The quantitative estimate of drug-likeness (QED) is 0.286. The normalized spacial score (nSPS) is 36.0. The van der Waals surface area contributed by atoms with Crippen LogP contribution in [0.25, 0.3) is 0 Å². The summed E-state index contributed by atoms with van der Waals surface area (Å²) in [5, 5.41) is 0. The molecule has 0 radical (unpaired) electrons. The zero-order valence-corrected chi connectivity index (χ0v) is 21.3. The number of methoxy groups -OCH3 is 1. The minimum atomic E-state index is -0.519. The Labute approximate surface area is 209 Å². The molecule has 0 aromatic heterocycles. The van der Waals surface area contributed by atoms with E-state index in [4.69, 9.17) is 25.0 Å². The highest BCUT2D eigenvalue weighted by Gasteiger charge is 2.60. The molecule has 7 nitrogen and oxygen atoms in total. The molecule has 0 heterocycles. The van der Waals surface area contributed by atoms with Gasteiger partial charge in [0.15, 0.2) is 0 Å². The Morgan fingerprint density at radius 1 is 1.00 bits per heavy atom. The number of carbonyl (C=O) groups excluding carboxylic acids is 1. The summed E-state index contributed by atoms with van der Waals surface area (Å²) in [6.45, 7) is 1.43. The number of primary amides is 1. The second-order valence-electron chi connectivity index (χ2n) is 11.5. The molecule has 1 amide bonds. The lowest BCUT2D eigenvalue weighted by Crippen LogP contribution is -2.60. The molecule has 5 aliphatic rings. The van der Waals surface area contributed by atoms with Crippen LogP contribution < -0.4 is 10.5 Å². The van der Waals surface area contributed by atoms with Crippen molar-refractivity contribution in [3.63, 3.8) is 0 Å². The van der Waals surface area contributed by atoms with E-state index in [1.165, 1.54) is 37.7 Å². The topological polar surface area (TPSA) is 83.2 Å². The maximum atomic E-state index is 11.0. The standard InChI is InChI=1S/C28H42N2O5/c1-30(18-27(29)31)11-12-33-25-7-3-21(4-8-25)22-5-9-26(10-6-22)34-35-28(32-2)23-14-19-13-20(16-23)17-24(28)15-19/h3-4,7-8,19-20,22-24,26H,5-6,9-18H2,1-2H3,(H2,29,31). The van der Waals surface area contributed by atoms with Gasteiger partial charge in [-0.2, -0.15) is 0 Å². The van der Waals surface area contributed by atoms with Crippen LogP contribution in [0.1, 0.15) is 69.3 Å². The number of benzene rings is 1. The van der Waals surface area contributed by atoms with E-state index in [0.29, 0.717) is 30.9 Å². The molecule has 5 aliphatic carbocycles. The van der Waals surface area contributed by atoms with Crippen LogP contribution in [0.5, 0.6) is 5.75 Å². The summed E-state index contributed by atoms with van der Waals surface area (Å²) in [6.07, 6.45) is 10.7. The zero-order valence-electron chi connectivity index (χ0n) is 21.3. The summed E-state index contributed by atoms with van der Waals surface area (Å²) in [4.78, 5) is 25.2. The predicted molar refractivity (Wildman–Crippen MR) is 133 cm³/mol. The van der Waals surface area contributed by atoms with Gasteiger partial charge in [-0.25, -0.2) is 9.78 Å². The van der Waals surface area contributed by atoms with Crippen molar-refractivity contribution < 1.29 is 24.0 Å². The first-order valence-corrected chi connectivity index (χ1v) is 13.5. The van der Waals surface area contributed by atoms with Gasteiger partial charge in [0.05, 0.1) is 12.6 Å². The molecule has 0 saturated heterocycles. The molecular formula is C28H42N2O5. The van der Waals surface area contributed by atoms with Crippen LogP contribution in [0.3, 0.4) is 0 Å². The molecule has 5 saturated carbocycles. The third-order valence-corrected chi connectivity index (χ3v) is 9.10. The van der Waals surface area contributed by atoms with Crippen molar-refractivity contribution in [2.75, 3.05) is 33.9 Å². The van der Waals surface area contributed by atoms with Crippen LogP contribution in [0, 0.1) is 23.7 Å². The molecule has 194 valence electrons. The number of likely N-dealkylation sites (N-methyl/N-ethyl adjacent to an activating group) is 1. The molecule has 0 unspecified atom stereocenters. The molecule has 6 rings (SSSR count). The van der Waals surface area contributed by atoms with Gasteiger partial charge in [0.25, 0.3) is 0 Å². The third kappa shape index (κ3) is 5.53. The highest BCUT2D eigenvalue weighted by atomic mass is 17.2. The fourth-order valence-corrected chi connectivity index (χ4v) is 7.48. The molecule has 0 aliphatic heterocycles. The van der Waals surface area contributed by atoms with Crippen LogP contribution in [0.4, 0.5) is 0 Å². The van der Waals surface area contributed by atoms with Gasteiger partial charge in [-0.05, 0) is 100 Å². The van der Waals surface area contributed by atoms with Crippen molar-refractivity contribution >= 4 is 5.91 Å². The van der Waals surface area contributed by atoms with E-state index in [1.54, 1.807) is 0 Å². The van der Waals surface area contributed by atoms with Crippen LogP contribution in [-0.4, -0.2) is 56.6 Å². The highest BCUT2D eigenvalue weighted by Crippen LogP contribution is 2.60. The lowest BCUT2D eigenvalue weighted by molar-refractivity contribution is -0.485. The van der Waals surface area contributed by atoms with Gasteiger partial charge in [-0.15, -0.1) is 0 Å². The van der Waals surface area contributed by atoms with Crippen molar-refractivity contribution in [2.24, 2.45) is 29.4 Å². The summed E-state index contributed by atoms with van der Waals surface area (Å²) < 4.78 is 11.9.